The number of hydrogen-bond donors (Lipinski definition) is 0. The lowest BCUT2D eigenvalue weighted by Crippen LogP contribution is -2.29. The summed E-state index contributed by atoms with van der Waals surface area (Å²) in [5, 5.41) is 32.1. The van der Waals surface area contributed by atoms with E-state index in [9.17, 15) is 15.8 Å². The zero-order valence-corrected chi connectivity index (χ0v) is 26.8. The molecule has 2 heterocycles. The Hall–Kier alpha value is -7.13. The Labute approximate surface area is 289 Å². The minimum Gasteiger partial charge on any atom is -0.333 e. The summed E-state index contributed by atoms with van der Waals surface area (Å²) in [6.45, 7) is 0. The molecule has 2 aliphatic rings. The third kappa shape index (κ3) is 4.45. The van der Waals surface area contributed by atoms with Crippen LogP contribution in [0.25, 0.3) is 49.7 Å². The molecule has 5 heteroatoms. The van der Waals surface area contributed by atoms with Crippen molar-refractivity contribution >= 4 is 33.2 Å². The van der Waals surface area contributed by atoms with Gasteiger partial charge in [-0.15, -0.1) is 0 Å². The molecule has 2 unspecified atom stereocenters. The van der Waals surface area contributed by atoms with Gasteiger partial charge >= 0.3 is 0 Å². The maximum Gasteiger partial charge on any atom is 0.101 e. The van der Waals surface area contributed by atoms with Crippen LogP contribution in [0, 0.1) is 34.0 Å². The first kappa shape index (κ1) is 29.0. The van der Waals surface area contributed by atoms with Gasteiger partial charge in [-0.25, -0.2) is 0 Å². The molecular formula is C45H27N5. The van der Waals surface area contributed by atoms with Gasteiger partial charge < -0.3 is 9.47 Å². The van der Waals surface area contributed by atoms with E-state index in [-0.39, 0.29) is 12.0 Å². The predicted molar refractivity (Wildman–Crippen MR) is 199 cm³/mol. The molecule has 0 spiro atoms. The number of benzene rings is 6. The predicted octanol–water partition coefficient (Wildman–Crippen LogP) is 10.5. The van der Waals surface area contributed by atoms with E-state index in [0.717, 1.165) is 61.1 Å². The van der Waals surface area contributed by atoms with Crippen LogP contribution in [0.15, 0.2) is 157 Å². The number of rotatable bonds is 4. The van der Waals surface area contributed by atoms with Crippen molar-refractivity contribution in [3.63, 3.8) is 0 Å². The van der Waals surface area contributed by atoms with Gasteiger partial charge in [0.1, 0.15) is 6.07 Å². The van der Waals surface area contributed by atoms with E-state index in [1.807, 2.05) is 54.6 Å². The lowest BCUT2D eigenvalue weighted by molar-refractivity contribution is 0.742. The van der Waals surface area contributed by atoms with Crippen molar-refractivity contribution in [1.29, 1.82) is 15.8 Å². The molecule has 9 rings (SSSR count). The van der Waals surface area contributed by atoms with Crippen molar-refractivity contribution in [3.05, 3.63) is 174 Å². The summed E-state index contributed by atoms with van der Waals surface area (Å²) in [6, 6.07) is 52.4. The van der Waals surface area contributed by atoms with E-state index >= 15 is 0 Å². The van der Waals surface area contributed by atoms with Crippen LogP contribution >= 0.6 is 0 Å². The van der Waals surface area contributed by atoms with Crippen molar-refractivity contribution in [3.8, 4) is 46.1 Å². The second-order valence-electron chi connectivity index (χ2n) is 12.7. The molecule has 0 bridgehead atoms. The smallest absolute Gasteiger partial charge is 0.101 e. The summed E-state index contributed by atoms with van der Waals surface area (Å²) < 4.78 is 2.17. The summed E-state index contributed by atoms with van der Waals surface area (Å²) >= 11 is 0. The van der Waals surface area contributed by atoms with Crippen molar-refractivity contribution in [2.75, 3.05) is 4.90 Å². The number of fused-ring (bicyclic) bond motifs is 6. The molecule has 2 atom stereocenters. The van der Waals surface area contributed by atoms with Crippen molar-refractivity contribution in [2.24, 2.45) is 0 Å². The molecule has 0 saturated carbocycles. The molecule has 7 aromatic rings. The molecule has 0 amide bonds. The molecule has 0 saturated heterocycles. The molecule has 232 valence electrons. The standard InChI is InChI=1S/C45H27N5/c46-26-29-19-20-44-40(23-29)38-14-3-6-18-43(38)50(44)41-16-4-1-12-36(41)34-22-30(27-47)21-33(24-34)31-9-7-11-35(25-31)49-42-17-5-2-13-37(42)39-15-8-10-32(28-48)45(39)49/h1-25,40,44H. The van der Waals surface area contributed by atoms with Crippen molar-refractivity contribution in [1.82, 2.24) is 4.57 Å². The van der Waals surface area contributed by atoms with Gasteiger partial charge in [-0.3, -0.25) is 0 Å². The van der Waals surface area contributed by atoms with E-state index in [0.29, 0.717) is 16.7 Å². The molecule has 0 N–H and O–H groups in total. The van der Waals surface area contributed by atoms with Crippen LogP contribution in [0.3, 0.4) is 0 Å². The lowest BCUT2D eigenvalue weighted by atomic mass is 9.88. The monoisotopic (exact) mass is 637 g/mol. The van der Waals surface area contributed by atoms with Crippen LogP contribution in [-0.4, -0.2) is 10.6 Å². The topological polar surface area (TPSA) is 79.5 Å². The first-order valence-corrected chi connectivity index (χ1v) is 16.5. The Morgan fingerprint density at radius 2 is 1.34 bits per heavy atom. The largest absolute Gasteiger partial charge is 0.333 e. The number of aromatic nitrogens is 1. The molecule has 5 nitrogen and oxygen atoms in total. The van der Waals surface area contributed by atoms with Crippen LogP contribution in [-0.2, 0) is 0 Å². The zero-order valence-electron chi connectivity index (χ0n) is 26.8. The van der Waals surface area contributed by atoms with E-state index in [1.165, 1.54) is 5.56 Å². The minimum atomic E-state index is 0.0190. The summed E-state index contributed by atoms with van der Waals surface area (Å²) in [6.07, 6.45) is 6.13. The molecule has 1 aliphatic heterocycles. The van der Waals surface area contributed by atoms with Gasteiger partial charge in [0.25, 0.3) is 0 Å². The summed E-state index contributed by atoms with van der Waals surface area (Å²) in [4.78, 5) is 2.37. The van der Waals surface area contributed by atoms with E-state index in [1.54, 1.807) is 0 Å². The number of para-hydroxylation sites is 4. The van der Waals surface area contributed by atoms with Gasteiger partial charge in [-0.2, -0.15) is 15.8 Å². The third-order valence-electron chi connectivity index (χ3n) is 9.97. The van der Waals surface area contributed by atoms with Gasteiger partial charge in [-0.1, -0.05) is 91.0 Å². The maximum absolute atomic E-state index is 10.3. The van der Waals surface area contributed by atoms with Gasteiger partial charge in [-0.05, 0) is 82.9 Å². The molecule has 1 aromatic heterocycles. The summed E-state index contributed by atoms with van der Waals surface area (Å²) in [5.74, 6) is 0.0602. The molecule has 0 fully saturated rings. The number of anilines is 2. The maximum atomic E-state index is 10.3. The molecule has 6 aromatic carbocycles. The Bertz CT molecular complexity index is 2720. The number of hydrogen-bond acceptors (Lipinski definition) is 4. The Balaban J connectivity index is 1.20. The zero-order chi connectivity index (χ0) is 33.8. The Morgan fingerprint density at radius 3 is 2.20 bits per heavy atom. The van der Waals surface area contributed by atoms with Gasteiger partial charge in [0.05, 0.1) is 40.3 Å². The molecule has 50 heavy (non-hydrogen) atoms. The number of nitrogens with zero attached hydrogens (tertiary/aromatic N) is 5. The Morgan fingerprint density at radius 1 is 0.580 bits per heavy atom. The van der Waals surface area contributed by atoms with E-state index in [4.69, 9.17) is 0 Å². The number of allylic oxidation sites excluding steroid dienone is 2. The van der Waals surface area contributed by atoms with Crippen LogP contribution in [0.1, 0.15) is 22.6 Å². The van der Waals surface area contributed by atoms with E-state index < -0.39 is 0 Å². The highest BCUT2D eigenvalue weighted by molar-refractivity contribution is 6.11. The summed E-state index contributed by atoms with van der Waals surface area (Å²) in [5.41, 5.74) is 11.9. The highest BCUT2D eigenvalue weighted by atomic mass is 15.2. The summed E-state index contributed by atoms with van der Waals surface area (Å²) in [7, 11) is 0. The SMILES string of the molecule is N#CC1=CC2c3ccccc3N(c3ccccc3-c3cc(C#N)cc(-c4cccc(-n5c6ccccc6c6cccc(C#N)c65)c4)c3)C2C=C1. The second kappa shape index (κ2) is 11.5. The average molecular weight is 638 g/mol. The molecule has 1 aliphatic carbocycles. The van der Waals surface area contributed by atoms with Crippen molar-refractivity contribution in [2.45, 2.75) is 12.0 Å². The minimum absolute atomic E-state index is 0.0190. The van der Waals surface area contributed by atoms with Crippen molar-refractivity contribution < 1.29 is 0 Å². The van der Waals surface area contributed by atoms with Gasteiger partial charge in [0, 0.05) is 44.9 Å². The number of nitriles is 3. The van der Waals surface area contributed by atoms with Crippen LogP contribution in [0.5, 0.6) is 0 Å². The normalized spacial score (nSPS) is 15.9. The fraction of sp³-hybridized carbons (Fsp3) is 0.0444. The highest BCUT2D eigenvalue weighted by Crippen LogP contribution is 2.50. The fourth-order valence-electron chi connectivity index (χ4n) is 7.85. The molecule has 0 radical (unpaired) electrons. The highest BCUT2D eigenvalue weighted by Gasteiger charge is 2.39. The van der Waals surface area contributed by atoms with Gasteiger partial charge in [0.2, 0.25) is 0 Å². The third-order valence-corrected chi connectivity index (χ3v) is 9.97. The average Bonchev–Trinajstić information content (AvgIpc) is 3.70. The first-order chi connectivity index (χ1) is 24.7. The first-order valence-electron chi connectivity index (χ1n) is 16.5. The van der Waals surface area contributed by atoms with Crippen LogP contribution in [0.2, 0.25) is 0 Å². The lowest BCUT2D eigenvalue weighted by Gasteiger charge is -2.31. The Kier molecular flexibility index (Phi) is 6.70. The van der Waals surface area contributed by atoms with E-state index in [2.05, 4.69) is 125 Å². The fourth-order valence-corrected chi connectivity index (χ4v) is 7.85. The molecular weight excluding hydrogens is 611 g/mol. The van der Waals surface area contributed by atoms with Gasteiger partial charge in [0.15, 0.2) is 0 Å². The van der Waals surface area contributed by atoms with Crippen LogP contribution in [0.4, 0.5) is 11.4 Å². The second-order valence-corrected chi connectivity index (χ2v) is 12.7. The van der Waals surface area contributed by atoms with Crippen LogP contribution < -0.4 is 4.90 Å². The quantitative estimate of drug-likeness (QED) is 0.192.